The molecule has 1 unspecified atom stereocenters. The number of nitrogen functional groups attached to an aromatic ring is 1. The van der Waals surface area contributed by atoms with Crippen molar-refractivity contribution in [1.82, 2.24) is 0 Å². The summed E-state index contributed by atoms with van der Waals surface area (Å²) in [7, 11) is 0. The van der Waals surface area contributed by atoms with Gasteiger partial charge in [-0.1, -0.05) is 6.92 Å². The van der Waals surface area contributed by atoms with E-state index in [0.29, 0.717) is 10.9 Å². The number of hydrogen-bond donors (Lipinski definition) is 2. The number of alkyl halides is 3. The van der Waals surface area contributed by atoms with Gasteiger partial charge in [0.05, 0.1) is 5.56 Å². The van der Waals surface area contributed by atoms with E-state index in [9.17, 15) is 13.2 Å². The molecule has 0 spiro atoms. The minimum Gasteiger partial charge on any atom is -0.384 e. The van der Waals surface area contributed by atoms with Gasteiger partial charge in [0.15, 0.2) is 0 Å². The number of benzene rings is 1. The molecule has 1 aliphatic heterocycles. The van der Waals surface area contributed by atoms with E-state index in [1.54, 1.807) is 0 Å². The minimum atomic E-state index is -4.42. The van der Waals surface area contributed by atoms with Crippen LogP contribution >= 0.6 is 11.8 Å². The van der Waals surface area contributed by atoms with Crippen LogP contribution in [-0.4, -0.2) is 29.9 Å². The topological polar surface area (TPSA) is 53.1 Å². The summed E-state index contributed by atoms with van der Waals surface area (Å²) in [6.45, 7) is 3.62. The number of amidine groups is 1. The lowest BCUT2D eigenvalue weighted by atomic mass is 10.1. The summed E-state index contributed by atoms with van der Waals surface area (Å²) < 4.78 is 38.4. The molecule has 1 heterocycles. The molecule has 1 atom stereocenters. The van der Waals surface area contributed by atoms with Gasteiger partial charge in [0.2, 0.25) is 0 Å². The zero-order valence-electron chi connectivity index (χ0n) is 11.7. The molecule has 0 amide bonds. The van der Waals surface area contributed by atoms with Crippen molar-refractivity contribution in [1.29, 1.82) is 5.41 Å². The molecule has 21 heavy (non-hydrogen) atoms. The first-order chi connectivity index (χ1) is 9.82. The molecule has 3 N–H and O–H groups in total. The lowest BCUT2D eigenvalue weighted by Gasteiger charge is -2.35. The van der Waals surface area contributed by atoms with E-state index < -0.39 is 11.7 Å². The number of rotatable bonds is 3. The van der Waals surface area contributed by atoms with Gasteiger partial charge in [0.25, 0.3) is 0 Å². The molecule has 1 fully saturated rings. The van der Waals surface area contributed by atoms with Gasteiger partial charge < -0.3 is 10.6 Å². The molecule has 1 aromatic rings. The van der Waals surface area contributed by atoms with Gasteiger partial charge in [0.1, 0.15) is 5.84 Å². The van der Waals surface area contributed by atoms with Crippen molar-refractivity contribution in [2.45, 2.75) is 24.8 Å². The summed E-state index contributed by atoms with van der Waals surface area (Å²) >= 11 is 1.88. The molecule has 0 bridgehead atoms. The fraction of sp³-hybridized carbons (Fsp3) is 0.500. The number of nitrogens with zero attached hydrogens (tertiary/aromatic N) is 1. The van der Waals surface area contributed by atoms with Crippen LogP contribution < -0.4 is 10.6 Å². The third-order valence-corrected chi connectivity index (χ3v) is 4.92. The highest BCUT2D eigenvalue weighted by Crippen LogP contribution is 2.34. The Labute approximate surface area is 126 Å². The van der Waals surface area contributed by atoms with Crippen molar-refractivity contribution in [3.8, 4) is 0 Å². The molecule has 2 rings (SSSR count). The van der Waals surface area contributed by atoms with Crippen LogP contribution in [0.4, 0.5) is 18.9 Å². The summed E-state index contributed by atoms with van der Waals surface area (Å²) in [5, 5.41) is 8.03. The molecular formula is C14H18F3N3S. The molecule has 0 aromatic heterocycles. The SMILES string of the molecule is CCC1CN(c2ccc(C(F)(F)F)cc2C(=N)N)CCS1. The molecule has 3 nitrogen and oxygen atoms in total. The summed E-state index contributed by atoms with van der Waals surface area (Å²) in [4.78, 5) is 2.03. The summed E-state index contributed by atoms with van der Waals surface area (Å²) in [6, 6.07) is 3.47. The van der Waals surface area contributed by atoms with Gasteiger partial charge in [-0.3, -0.25) is 5.41 Å². The molecule has 0 aliphatic carbocycles. The fourth-order valence-electron chi connectivity index (χ4n) is 2.39. The van der Waals surface area contributed by atoms with Gasteiger partial charge in [-0.05, 0) is 24.6 Å². The van der Waals surface area contributed by atoms with Crippen LogP contribution in [0, 0.1) is 5.41 Å². The van der Waals surface area contributed by atoms with Gasteiger partial charge in [0, 0.05) is 35.3 Å². The number of thioether (sulfide) groups is 1. The third kappa shape index (κ3) is 3.64. The van der Waals surface area contributed by atoms with Crippen molar-refractivity contribution >= 4 is 23.3 Å². The highest BCUT2D eigenvalue weighted by atomic mass is 32.2. The Morgan fingerprint density at radius 2 is 2.19 bits per heavy atom. The Balaban J connectivity index is 2.37. The number of halogens is 3. The van der Waals surface area contributed by atoms with Crippen molar-refractivity contribution in [3.63, 3.8) is 0 Å². The van der Waals surface area contributed by atoms with E-state index >= 15 is 0 Å². The van der Waals surface area contributed by atoms with Crippen molar-refractivity contribution in [3.05, 3.63) is 29.3 Å². The lowest BCUT2D eigenvalue weighted by molar-refractivity contribution is -0.137. The maximum Gasteiger partial charge on any atom is 0.416 e. The maximum absolute atomic E-state index is 12.8. The standard InChI is InChI=1S/C14H18F3N3S/c1-2-10-8-20(5-6-21-10)12-4-3-9(14(15,16)17)7-11(12)13(18)19/h3-4,7,10H,2,5-6,8H2,1H3,(H3,18,19). The summed E-state index contributed by atoms with van der Waals surface area (Å²) in [5.41, 5.74) is 5.49. The van der Waals surface area contributed by atoms with E-state index in [1.807, 2.05) is 16.7 Å². The quantitative estimate of drug-likeness (QED) is 0.664. The van der Waals surface area contributed by atoms with E-state index in [-0.39, 0.29) is 11.4 Å². The van der Waals surface area contributed by atoms with Gasteiger partial charge >= 0.3 is 6.18 Å². The van der Waals surface area contributed by atoms with Crippen LogP contribution in [-0.2, 0) is 6.18 Å². The van der Waals surface area contributed by atoms with Crippen molar-refractivity contribution < 1.29 is 13.2 Å². The second kappa shape index (κ2) is 6.17. The fourth-order valence-corrected chi connectivity index (χ4v) is 3.57. The largest absolute Gasteiger partial charge is 0.416 e. The molecule has 0 radical (unpaired) electrons. The van der Waals surface area contributed by atoms with Gasteiger partial charge in [-0.25, -0.2) is 0 Å². The Kier molecular flexibility index (Phi) is 4.70. The molecule has 1 saturated heterocycles. The Morgan fingerprint density at radius 1 is 1.48 bits per heavy atom. The number of nitrogens with one attached hydrogen (secondary N) is 1. The summed E-state index contributed by atoms with van der Waals surface area (Å²) in [5.74, 6) is 0.596. The number of hydrogen-bond acceptors (Lipinski definition) is 3. The second-order valence-electron chi connectivity index (χ2n) is 4.99. The summed E-state index contributed by atoms with van der Waals surface area (Å²) in [6.07, 6.45) is -3.41. The predicted octanol–water partition coefficient (Wildman–Crippen LogP) is 3.32. The smallest absolute Gasteiger partial charge is 0.384 e. The number of anilines is 1. The zero-order valence-corrected chi connectivity index (χ0v) is 12.5. The average Bonchev–Trinajstić information content (AvgIpc) is 2.45. The molecule has 1 aliphatic rings. The molecule has 7 heteroatoms. The van der Waals surface area contributed by atoms with Crippen LogP contribution in [0.2, 0.25) is 0 Å². The second-order valence-corrected chi connectivity index (χ2v) is 6.40. The van der Waals surface area contributed by atoms with E-state index in [0.717, 1.165) is 37.4 Å². The van der Waals surface area contributed by atoms with Crippen LogP contribution in [0.25, 0.3) is 0 Å². The average molecular weight is 317 g/mol. The molecule has 116 valence electrons. The van der Waals surface area contributed by atoms with Crippen molar-refractivity contribution in [2.75, 3.05) is 23.7 Å². The first-order valence-electron chi connectivity index (χ1n) is 6.75. The van der Waals surface area contributed by atoms with E-state index in [2.05, 4.69) is 6.92 Å². The van der Waals surface area contributed by atoms with Crippen LogP contribution in [0.15, 0.2) is 18.2 Å². The first kappa shape index (κ1) is 16.0. The highest BCUT2D eigenvalue weighted by Gasteiger charge is 2.32. The highest BCUT2D eigenvalue weighted by molar-refractivity contribution is 8.00. The van der Waals surface area contributed by atoms with Gasteiger partial charge in [-0.15, -0.1) is 0 Å². The predicted molar refractivity (Wildman–Crippen MR) is 81.2 cm³/mol. The van der Waals surface area contributed by atoms with Crippen molar-refractivity contribution in [2.24, 2.45) is 5.73 Å². The first-order valence-corrected chi connectivity index (χ1v) is 7.80. The normalized spacial score (nSPS) is 19.6. The lowest BCUT2D eigenvalue weighted by Crippen LogP contribution is -2.38. The van der Waals surface area contributed by atoms with E-state index in [4.69, 9.17) is 11.1 Å². The molecule has 0 saturated carbocycles. The van der Waals surface area contributed by atoms with Gasteiger partial charge in [-0.2, -0.15) is 24.9 Å². The Bertz CT molecular complexity index is 531. The number of nitrogens with two attached hydrogens (primary N) is 1. The Hall–Kier alpha value is -1.37. The van der Waals surface area contributed by atoms with Crippen LogP contribution in [0.1, 0.15) is 24.5 Å². The minimum absolute atomic E-state index is 0.159. The van der Waals surface area contributed by atoms with Crippen LogP contribution in [0.5, 0.6) is 0 Å². The zero-order chi connectivity index (χ0) is 15.6. The van der Waals surface area contributed by atoms with E-state index in [1.165, 1.54) is 6.07 Å². The molecular weight excluding hydrogens is 299 g/mol. The monoisotopic (exact) mass is 317 g/mol. The van der Waals surface area contributed by atoms with Crippen LogP contribution in [0.3, 0.4) is 0 Å². The third-order valence-electron chi connectivity index (χ3n) is 3.55. The molecule has 1 aromatic carbocycles. The Morgan fingerprint density at radius 3 is 2.76 bits per heavy atom. The maximum atomic E-state index is 12.8.